The summed E-state index contributed by atoms with van der Waals surface area (Å²) in [6.07, 6.45) is 3.09. The molecule has 0 saturated carbocycles. The first-order valence-electron chi connectivity index (χ1n) is 13.6. The van der Waals surface area contributed by atoms with E-state index in [1.807, 2.05) is 0 Å². The van der Waals surface area contributed by atoms with E-state index in [0.717, 1.165) is 61.0 Å². The fraction of sp³-hybridized carbons (Fsp3) is 0.212. The van der Waals surface area contributed by atoms with Gasteiger partial charge in [-0.1, -0.05) is 72.8 Å². The Bertz CT molecular complexity index is 1600. The van der Waals surface area contributed by atoms with Gasteiger partial charge in [-0.3, -0.25) is 0 Å². The third-order valence-electron chi connectivity index (χ3n) is 7.25. The maximum Gasteiger partial charge on any atom is 0.0730 e. The van der Waals surface area contributed by atoms with Gasteiger partial charge in [-0.15, -0.1) is 0 Å². The lowest BCUT2D eigenvalue weighted by Gasteiger charge is -2.28. The summed E-state index contributed by atoms with van der Waals surface area (Å²) in [5.74, 6) is 0. The third-order valence-corrected chi connectivity index (χ3v) is 7.25. The lowest BCUT2D eigenvalue weighted by Crippen LogP contribution is -2.28. The molecule has 0 aliphatic carbocycles. The van der Waals surface area contributed by atoms with Gasteiger partial charge in [-0.2, -0.15) is 0 Å². The molecule has 38 heavy (non-hydrogen) atoms. The molecule has 2 aromatic heterocycles. The summed E-state index contributed by atoms with van der Waals surface area (Å²) >= 11 is 0. The summed E-state index contributed by atoms with van der Waals surface area (Å²) in [6.45, 7) is 3.49. The number of pyridine rings is 2. The molecule has 0 bridgehead atoms. The number of anilines is 2. The number of benzene rings is 4. The SMILES string of the molecule is NCCCN(CCCCNc1c2ccccc2nc2ccccc12)c1c2ccccc2nc2ccccc12. The van der Waals surface area contributed by atoms with E-state index in [2.05, 4.69) is 107 Å². The molecular weight excluding hydrogens is 466 g/mol. The zero-order valence-electron chi connectivity index (χ0n) is 21.6. The Balaban J connectivity index is 1.23. The first-order valence-corrected chi connectivity index (χ1v) is 13.6. The van der Waals surface area contributed by atoms with Gasteiger partial charge in [-0.25, -0.2) is 9.97 Å². The van der Waals surface area contributed by atoms with E-state index in [0.29, 0.717) is 6.54 Å². The Morgan fingerprint density at radius 1 is 0.553 bits per heavy atom. The average Bonchev–Trinajstić information content (AvgIpc) is 2.97. The van der Waals surface area contributed by atoms with Gasteiger partial charge in [0.25, 0.3) is 0 Å². The highest BCUT2D eigenvalue weighted by Crippen LogP contribution is 2.34. The van der Waals surface area contributed by atoms with Crippen LogP contribution in [0.5, 0.6) is 0 Å². The second-order valence-electron chi connectivity index (χ2n) is 9.78. The van der Waals surface area contributed by atoms with Crippen LogP contribution in [0.3, 0.4) is 0 Å². The number of aromatic nitrogens is 2. The highest BCUT2D eigenvalue weighted by Gasteiger charge is 2.15. The molecule has 0 saturated heterocycles. The van der Waals surface area contributed by atoms with Gasteiger partial charge in [-0.05, 0) is 50.1 Å². The summed E-state index contributed by atoms with van der Waals surface area (Å²) < 4.78 is 0. The molecule has 5 heteroatoms. The smallest absolute Gasteiger partial charge is 0.0730 e. The summed E-state index contributed by atoms with van der Waals surface area (Å²) in [7, 11) is 0. The molecule has 0 amide bonds. The van der Waals surface area contributed by atoms with Crippen molar-refractivity contribution in [2.75, 3.05) is 36.4 Å². The normalized spacial score (nSPS) is 11.5. The second kappa shape index (κ2) is 11.0. The molecule has 5 nitrogen and oxygen atoms in total. The molecule has 6 rings (SSSR count). The molecule has 4 aromatic carbocycles. The number of rotatable bonds is 10. The van der Waals surface area contributed by atoms with Gasteiger partial charge < -0.3 is 16.0 Å². The molecule has 0 fully saturated rings. The Labute approximate surface area is 223 Å². The van der Waals surface area contributed by atoms with Gasteiger partial charge in [0.05, 0.1) is 33.4 Å². The molecule has 0 unspecified atom stereocenters. The maximum absolute atomic E-state index is 5.96. The average molecular weight is 500 g/mol. The van der Waals surface area contributed by atoms with Crippen LogP contribution in [0.1, 0.15) is 19.3 Å². The van der Waals surface area contributed by atoms with Crippen molar-refractivity contribution in [2.45, 2.75) is 19.3 Å². The zero-order chi connectivity index (χ0) is 25.7. The van der Waals surface area contributed by atoms with Crippen LogP contribution in [0, 0.1) is 0 Å². The lowest BCUT2D eigenvalue weighted by molar-refractivity contribution is 0.682. The molecule has 0 atom stereocenters. The van der Waals surface area contributed by atoms with E-state index in [1.165, 1.54) is 32.9 Å². The van der Waals surface area contributed by atoms with Crippen molar-refractivity contribution in [3.05, 3.63) is 97.1 Å². The molecule has 2 heterocycles. The van der Waals surface area contributed by atoms with Crippen molar-refractivity contribution in [3.8, 4) is 0 Å². The number of nitrogens with one attached hydrogen (secondary N) is 1. The summed E-state index contributed by atoms with van der Waals surface area (Å²) in [5, 5.41) is 8.51. The van der Waals surface area contributed by atoms with Crippen molar-refractivity contribution < 1.29 is 0 Å². The van der Waals surface area contributed by atoms with E-state index in [4.69, 9.17) is 15.7 Å². The van der Waals surface area contributed by atoms with Crippen molar-refractivity contribution in [1.82, 2.24) is 9.97 Å². The van der Waals surface area contributed by atoms with Gasteiger partial charge in [0.15, 0.2) is 0 Å². The van der Waals surface area contributed by atoms with Crippen LogP contribution >= 0.6 is 0 Å². The molecular formula is C33H33N5. The number of nitrogens with zero attached hydrogens (tertiary/aromatic N) is 3. The van der Waals surface area contributed by atoms with E-state index in [9.17, 15) is 0 Å². The predicted octanol–water partition coefficient (Wildman–Crippen LogP) is 7.14. The maximum atomic E-state index is 5.96. The van der Waals surface area contributed by atoms with Crippen LogP contribution in [0.25, 0.3) is 43.6 Å². The Morgan fingerprint density at radius 2 is 1.00 bits per heavy atom. The number of fused-ring (bicyclic) bond motifs is 4. The minimum absolute atomic E-state index is 0.682. The highest BCUT2D eigenvalue weighted by molar-refractivity contribution is 6.08. The largest absolute Gasteiger partial charge is 0.384 e. The summed E-state index contributed by atoms with van der Waals surface area (Å²) in [4.78, 5) is 12.3. The van der Waals surface area contributed by atoms with E-state index < -0.39 is 0 Å². The fourth-order valence-corrected chi connectivity index (χ4v) is 5.45. The van der Waals surface area contributed by atoms with Crippen molar-refractivity contribution in [2.24, 2.45) is 5.73 Å². The van der Waals surface area contributed by atoms with E-state index in [-0.39, 0.29) is 0 Å². The Hall–Kier alpha value is -4.22. The summed E-state index contributed by atoms with van der Waals surface area (Å²) in [5.41, 5.74) is 12.5. The zero-order valence-corrected chi connectivity index (χ0v) is 21.6. The molecule has 6 aromatic rings. The fourth-order valence-electron chi connectivity index (χ4n) is 5.45. The second-order valence-corrected chi connectivity index (χ2v) is 9.78. The minimum Gasteiger partial charge on any atom is -0.384 e. The van der Waals surface area contributed by atoms with E-state index >= 15 is 0 Å². The van der Waals surface area contributed by atoms with Crippen LogP contribution in [0.15, 0.2) is 97.1 Å². The minimum atomic E-state index is 0.682. The number of unbranched alkanes of at least 4 members (excludes halogenated alkanes) is 1. The predicted molar refractivity (Wildman–Crippen MR) is 162 cm³/mol. The summed E-state index contributed by atoms with van der Waals surface area (Å²) in [6, 6.07) is 33.7. The molecule has 190 valence electrons. The molecule has 0 aliphatic heterocycles. The first kappa shape index (κ1) is 24.1. The highest BCUT2D eigenvalue weighted by atomic mass is 15.1. The first-order chi connectivity index (χ1) is 18.8. The van der Waals surface area contributed by atoms with E-state index in [1.54, 1.807) is 0 Å². The van der Waals surface area contributed by atoms with Gasteiger partial charge in [0.2, 0.25) is 0 Å². The molecule has 0 spiro atoms. The number of hydrogen-bond acceptors (Lipinski definition) is 5. The number of para-hydroxylation sites is 4. The Morgan fingerprint density at radius 3 is 1.53 bits per heavy atom. The Kier molecular flexibility index (Phi) is 7.01. The lowest BCUT2D eigenvalue weighted by atomic mass is 10.1. The third kappa shape index (κ3) is 4.73. The quantitative estimate of drug-likeness (QED) is 0.155. The monoisotopic (exact) mass is 499 g/mol. The van der Waals surface area contributed by atoms with Gasteiger partial charge in [0, 0.05) is 41.2 Å². The van der Waals surface area contributed by atoms with Crippen molar-refractivity contribution in [1.29, 1.82) is 0 Å². The number of hydrogen-bond donors (Lipinski definition) is 2. The van der Waals surface area contributed by atoms with Gasteiger partial charge in [0.1, 0.15) is 0 Å². The molecule has 0 radical (unpaired) electrons. The van der Waals surface area contributed by atoms with Crippen molar-refractivity contribution in [3.63, 3.8) is 0 Å². The standard InChI is InChI=1S/C33H33N5/c34-20-11-23-38(33-26-14-3-7-18-30(26)37-31-19-8-4-15-27(31)33)22-10-9-21-35-32-24-12-1-5-16-28(24)36-29-17-6-2-13-25(29)32/h1-8,12-19H,9-11,20-23,34H2,(H,35,36). The van der Waals surface area contributed by atoms with Crippen molar-refractivity contribution >= 4 is 55.0 Å². The number of nitrogens with two attached hydrogens (primary N) is 1. The molecule has 0 aliphatic rings. The molecule has 3 N–H and O–H groups in total. The van der Waals surface area contributed by atoms with Crippen LogP contribution < -0.4 is 16.0 Å². The van der Waals surface area contributed by atoms with Crippen LogP contribution in [0.2, 0.25) is 0 Å². The van der Waals surface area contributed by atoms with Crippen LogP contribution in [-0.2, 0) is 0 Å². The topological polar surface area (TPSA) is 67.1 Å². The van der Waals surface area contributed by atoms with Crippen LogP contribution in [-0.4, -0.2) is 36.1 Å². The van der Waals surface area contributed by atoms with Gasteiger partial charge >= 0.3 is 0 Å². The van der Waals surface area contributed by atoms with Crippen LogP contribution in [0.4, 0.5) is 11.4 Å².